The lowest BCUT2D eigenvalue weighted by atomic mass is 10.1. The first kappa shape index (κ1) is 15.6. The number of para-hydroxylation sites is 1. The van der Waals surface area contributed by atoms with Gasteiger partial charge in [0.05, 0.1) is 0 Å². The fraction of sp³-hybridized carbons (Fsp3) is 0.500. The second-order valence-corrected chi connectivity index (χ2v) is 5.35. The lowest BCUT2D eigenvalue weighted by Crippen LogP contribution is -2.23. The van der Waals surface area contributed by atoms with E-state index in [0.717, 1.165) is 30.1 Å². The Morgan fingerprint density at radius 1 is 1.24 bits per heavy atom. The van der Waals surface area contributed by atoms with E-state index in [1.807, 2.05) is 19.9 Å². The first-order valence-corrected chi connectivity index (χ1v) is 7.52. The van der Waals surface area contributed by atoms with Crippen LogP contribution in [0.4, 0.5) is 4.39 Å². The zero-order valence-electron chi connectivity index (χ0n) is 13.2. The molecule has 0 bridgehead atoms. The van der Waals surface area contributed by atoms with Crippen LogP contribution in [0.5, 0.6) is 0 Å². The highest BCUT2D eigenvalue weighted by Crippen LogP contribution is 2.20. The van der Waals surface area contributed by atoms with Crippen LogP contribution < -0.4 is 5.32 Å². The Balaban J connectivity index is 2.49. The summed E-state index contributed by atoms with van der Waals surface area (Å²) in [7, 11) is 0. The van der Waals surface area contributed by atoms with E-state index < -0.39 is 0 Å². The maximum Gasteiger partial charge on any atom is 0.151 e. The predicted molar refractivity (Wildman–Crippen MR) is 82.0 cm³/mol. The molecule has 0 unspecified atom stereocenters. The van der Waals surface area contributed by atoms with Gasteiger partial charge in [-0.25, -0.2) is 14.1 Å². The van der Waals surface area contributed by atoms with Crippen LogP contribution in [-0.2, 0) is 19.4 Å². The topological polar surface area (TPSA) is 42.7 Å². The van der Waals surface area contributed by atoms with Crippen molar-refractivity contribution in [3.63, 3.8) is 0 Å². The maximum absolute atomic E-state index is 14.4. The van der Waals surface area contributed by atoms with Crippen molar-refractivity contribution in [2.45, 2.75) is 53.1 Å². The zero-order valence-corrected chi connectivity index (χ0v) is 13.2. The molecule has 0 aliphatic heterocycles. The van der Waals surface area contributed by atoms with E-state index in [1.165, 1.54) is 6.07 Å². The number of rotatable bonds is 6. The summed E-state index contributed by atoms with van der Waals surface area (Å²) in [5.74, 6) is 1.28. The molecule has 0 fully saturated rings. The van der Waals surface area contributed by atoms with Gasteiger partial charge in [0.25, 0.3) is 0 Å². The summed E-state index contributed by atoms with van der Waals surface area (Å²) in [6, 6.07) is 5.48. The summed E-state index contributed by atoms with van der Waals surface area (Å²) in [4.78, 5) is 4.47. The Morgan fingerprint density at radius 3 is 2.62 bits per heavy atom. The van der Waals surface area contributed by atoms with Gasteiger partial charge in [0.2, 0.25) is 0 Å². The molecular formula is C16H23FN4. The van der Waals surface area contributed by atoms with E-state index in [2.05, 4.69) is 29.2 Å². The molecule has 2 aromatic rings. The Morgan fingerprint density at radius 2 is 2.00 bits per heavy atom. The Labute approximate surface area is 125 Å². The van der Waals surface area contributed by atoms with Crippen LogP contribution in [0.15, 0.2) is 18.2 Å². The van der Waals surface area contributed by atoms with E-state index in [4.69, 9.17) is 0 Å². The summed E-state index contributed by atoms with van der Waals surface area (Å²) in [5.41, 5.74) is 1.40. The molecule has 0 aliphatic carbocycles. The largest absolute Gasteiger partial charge is 0.310 e. The minimum Gasteiger partial charge on any atom is -0.310 e. The molecule has 1 aromatic heterocycles. The molecule has 21 heavy (non-hydrogen) atoms. The summed E-state index contributed by atoms with van der Waals surface area (Å²) in [6.07, 6.45) is 1.46. The van der Waals surface area contributed by atoms with E-state index in [9.17, 15) is 4.39 Å². The second kappa shape index (κ2) is 6.80. The number of benzene rings is 1. The lowest BCUT2D eigenvalue weighted by molar-refractivity contribution is 0.570. The number of aryl methyl sites for hydroxylation is 2. The normalized spacial score (nSPS) is 11.3. The number of halogens is 1. The Kier molecular flexibility index (Phi) is 5.07. The monoisotopic (exact) mass is 290 g/mol. The summed E-state index contributed by atoms with van der Waals surface area (Å²) in [6.45, 7) is 8.76. The van der Waals surface area contributed by atoms with Gasteiger partial charge in [-0.3, -0.25) is 0 Å². The summed E-state index contributed by atoms with van der Waals surface area (Å²) >= 11 is 0. The van der Waals surface area contributed by atoms with Crippen molar-refractivity contribution in [2.75, 3.05) is 0 Å². The molecule has 0 amide bonds. The van der Waals surface area contributed by atoms with Crippen LogP contribution in [-0.4, -0.2) is 20.8 Å². The van der Waals surface area contributed by atoms with Crippen LogP contribution in [0.3, 0.4) is 0 Å². The smallest absolute Gasteiger partial charge is 0.151 e. The van der Waals surface area contributed by atoms with Gasteiger partial charge in [-0.05, 0) is 11.6 Å². The number of hydrogen-bond donors (Lipinski definition) is 1. The van der Waals surface area contributed by atoms with Gasteiger partial charge in [0, 0.05) is 25.4 Å². The fourth-order valence-corrected chi connectivity index (χ4v) is 2.20. The SMILES string of the molecule is CCc1nc(CC)n(-c2c(F)cccc2CNC(C)C)n1. The summed E-state index contributed by atoms with van der Waals surface area (Å²) in [5, 5.41) is 7.79. The molecule has 2 rings (SSSR count). The van der Waals surface area contributed by atoms with E-state index in [-0.39, 0.29) is 5.82 Å². The van der Waals surface area contributed by atoms with Crippen molar-refractivity contribution in [3.8, 4) is 5.69 Å². The molecular weight excluding hydrogens is 267 g/mol. The highest BCUT2D eigenvalue weighted by Gasteiger charge is 2.16. The average molecular weight is 290 g/mol. The van der Waals surface area contributed by atoms with Crippen molar-refractivity contribution < 1.29 is 4.39 Å². The van der Waals surface area contributed by atoms with Crippen molar-refractivity contribution in [1.29, 1.82) is 0 Å². The standard InChI is InChI=1S/C16H23FN4/c1-5-14-19-15(6-2)21(20-14)16-12(10-18-11(3)4)8-7-9-13(16)17/h7-9,11,18H,5-6,10H2,1-4H3. The molecule has 4 nitrogen and oxygen atoms in total. The quantitative estimate of drug-likeness (QED) is 0.889. The van der Waals surface area contributed by atoms with E-state index in [0.29, 0.717) is 18.3 Å². The van der Waals surface area contributed by atoms with Gasteiger partial charge < -0.3 is 5.32 Å². The summed E-state index contributed by atoms with van der Waals surface area (Å²) < 4.78 is 16.0. The zero-order chi connectivity index (χ0) is 15.4. The van der Waals surface area contributed by atoms with Gasteiger partial charge in [0.15, 0.2) is 5.82 Å². The van der Waals surface area contributed by atoms with Crippen LogP contribution in [0.1, 0.15) is 44.9 Å². The number of nitrogens with one attached hydrogen (secondary N) is 1. The van der Waals surface area contributed by atoms with Crippen molar-refractivity contribution in [1.82, 2.24) is 20.1 Å². The number of aromatic nitrogens is 3. The van der Waals surface area contributed by atoms with Gasteiger partial charge in [-0.2, -0.15) is 5.10 Å². The molecule has 0 spiro atoms. The van der Waals surface area contributed by atoms with Crippen LogP contribution in [0.2, 0.25) is 0 Å². The molecule has 0 atom stereocenters. The van der Waals surface area contributed by atoms with Gasteiger partial charge in [-0.1, -0.05) is 39.8 Å². The predicted octanol–water partition coefficient (Wildman–Crippen LogP) is 3.03. The van der Waals surface area contributed by atoms with Gasteiger partial charge >= 0.3 is 0 Å². The molecule has 5 heteroatoms. The fourth-order valence-electron chi connectivity index (χ4n) is 2.20. The Hall–Kier alpha value is -1.75. The van der Waals surface area contributed by atoms with Crippen molar-refractivity contribution in [2.24, 2.45) is 0 Å². The molecule has 114 valence electrons. The maximum atomic E-state index is 14.4. The third-order valence-corrected chi connectivity index (χ3v) is 3.33. The molecule has 0 saturated heterocycles. The van der Waals surface area contributed by atoms with Crippen molar-refractivity contribution in [3.05, 3.63) is 41.2 Å². The van der Waals surface area contributed by atoms with E-state index in [1.54, 1.807) is 10.7 Å². The molecule has 1 heterocycles. The molecule has 0 radical (unpaired) electrons. The Bertz CT molecular complexity index is 604. The molecule has 1 aromatic carbocycles. The lowest BCUT2D eigenvalue weighted by Gasteiger charge is -2.14. The van der Waals surface area contributed by atoms with Crippen molar-refractivity contribution >= 4 is 0 Å². The molecule has 0 saturated carbocycles. The number of hydrogen-bond acceptors (Lipinski definition) is 3. The first-order chi connectivity index (χ1) is 10.1. The first-order valence-electron chi connectivity index (χ1n) is 7.52. The minimum atomic E-state index is -0.264. The average Bonchev–Trinajstić information content (AvgIpc) is 2.88. The molecule has 0 aliphatic rings. The second-order valence-electron chi connectivity index (χ2n) is 5.35. The van der Waals surface area contributed by atoms with Crippen LogP contribution in [0, 0.1) is 5.82 Å². The van der Waals surface area contributed by atoms with Crippen LogP contribution in [0.25, 0.3) is 5.69 Å². The van der Waals surface area contributed by atoms with Crippen LogP contribution >= 0.6 is 0 Å². The third kappa shape index (κ3) is 3.47. The number of nitrogens with zero attached hydrogens (tertiary/aromatic N) is 3. The molecule has 1 N–H and O–H groups in total. The van der Waals surface area contributed by atoms with Gasteiger partial charge in [0.1, 0.15) is 17.3 Å². The highest BCUT2D eigenvalue weighted by atomic mass is 19.1. The third-order valence-electron chi connectivity index (χ3n) is 3.33. The van der Waals surface area contributed by atoms with E-state index >= 15 is 0 Å². The van der Waals surface area contributed by atoms with Gasteiger partial charge in [-0.15, -0.1) is 0 Å². The minimum absolute atomic E-state index is 0.264. The highest BCUT2D eigenvalue weighted by molar-refractivity contribution is 5.42.